The van der Waals surface area contributed by atoms with Gasteiger partial charge in [-0.3, -0.25) is 0 Å². The minimum Gasteiger partial charge on any atom is -0.448 e. The van der Waals surface area contributed by atoms with E-state index in [4.69, 9.17) is 21.8 Å². The van der Waals surface area contributed by atoms with Gasteiger partial charge in [0.15, 0.2) is 6.39 Å². The van der Waals surface area contributed by atoms with E-state index in [0.717, 1.165) is 22.1 Å². The number of rotatable bonds is 3. The summed E-state index contributed by atoms with van der Waals surface area (Å²) in [5, 5.41) is 0.672. The molecule has 1 aromatic heterocycles. The minimum atomic E-state index is 0.672. The third kappa shape index (κ3) is 2.51. The van der Waals surface area contributed by atoms with Crippen LogP contribution in [0.15, 0.2) is 33.9 Å². The summed E-state index contributed by atoms with van der Waals surface area (Å²) >= 11 is 7.68. The Hall–Kier alpha value is -1.13. The number of hydrogen-bond donors (Lipinski definition) is 1. The van der Waals surface area contributed by atoms with Crippen molar-refractivity contribution in [3.63, 3.8) is 0 Å². The number of thioether (sulfide) groups is 1. The van der Waals surface area contributed by atoms with Crippen molar-refractivity contribution in [3.05, 3.63) is 41.1 Å². The summed E-state index contributed by atoms with van der Waals surface area (Å²) < 4.78 is 5.12. The summed E-state index contributed by atoms with van der Waals surface area (Å²) in [5.74, 6) is 1.59. The molecule has 1 heterocycles. The molecule has 0 radical (unpaired) electrons. The van der Waals surface area contributed by atoms with Gasteiger partial charge in [0.1, 0.15) is 5.76 Å². The Labute approximate surface area is 103 Å². The molecule has 0 aliphatic heterocycles. The van der Waals surface area contributed by atoms with Gasteiger partial charge in [-0.15, -0.1) is 11.8 Å². The molecule has 0 unspecified atom stereocenters. The summed E-state index contributed by atoms with van der Waals surface area (Å²) in [6.07, 6.45) is 1.45. The van der Waals surface area contributed by atoms with Gasteiger partial charge >= 0.3 is 0 Å². The maximum Gasteiger partial charge on any atom is 0.181 e. The van der Waals surface area contributed by atoms with Gasteiger partial charge < -0.3 is 10.2 Å². The fraction of sp³-hybridized carbons (Fsp3) is 0.182. The zero-order chi connectivity index (χ0) is 11.5. The molecule has 0 aliphatic carbocycles. The normalized spacial score (nSPS) is 10.6. The zero-order valence-electron chi connectivity index (χ0n) is 8.74. The predicted octanol–water partition coefficient (Wildman–Crippen LogP) is 3.51. The van der Waals surface area contributed by atoms with Gasteiger partial charge in [0.05, 0.1) is 10.7 Å². The van der Waals surface area contributed by atoms with Gasteiger partial charge in [-0.05, 0) is 25.1 Å². The van der Waals surface area contributed by atoms with Crippen LogP contribution in [0.4, 0.5) is 5.69 Å². The number of nitrogen functional groups attached to an aromatic ring is 1. The fourth-order valence-corrected chi connectivity index (χ4v) is 2.53. The molecular formula is C11H11ClN2OS. The highest BCUT2D eigenvalue weighted by Crippen LogP contribution is 2.31. The Kier molecular flexibility index (Phi) is 3.41. The Balaban J connectivity index is 2.08. The largest absolute Gasteiger partial charge is 0.448 e. The minimum absolute atomic E-state index is 0.672. The maximum atomic E-state index is 6.06. The smallest absolute Gasteiger partial charge is 0.181 e. The molecule has 2 rings (SSSR count). The van der Waals surface area contributed by atoms with Crippen molar-refractivity contribution in [2.45, 2.75) is 17.6 Å². The summed E-state index contributed by atoms with van der Waals surface area (Å²) in [5.41, 5.74) is 7.24. The lowest BCUT2D eigenvalue weighted by Gasteiger charge is -2.03. The second kappa shape index (κ2) is 4.80. The van der Waals surface area contributed by atoms with E-state index in [2.05, 4.69) is 4.98 Å². The van der Waals surface area contributed by atoms with Crippen LogP contribution in [0.5, 0.6) is 0 Å². The molecule has 0 spiro atoms. The molecule has 16 heavy (non-hydrogen) atoms. The third-order valence-corrected chi connectivity index (χ3v) is 3.67. The van der Waals surface area contributed by atoms with Crippen LogP contribution in [0.25, 0.3) is 0 Å². The van der Waals surface area contributed by atoms with Crippen molar-refractivity contribution >= 4 is 29.1 Å². The van der Waals surface area contributed by atoms with Crippen molar-refractivity contribution < 1.29 is 4.42 Å². The van der Waals surface area contributed by atoms with Gasteiger partial charge in [-0.25, -0.2) is 4.98 Å². The van der Waals surface area contributed by atoms with Crippen LogP contribution in [0.2, 0.25) is 5.02 Å². The van der Waals surface area contributed by atoms with Crippen molar-refractivity contribution in [2.75, 3.05) is 5.73 Å². The van der Waals surface area contributed by atoms with Gasteiger partial charge in [-0.1, -0.05) is 11.6 Å². The number of hydrogen-bond acceptors (Lipinski definition) is 4. The van der Waals surface area contributed by atoms with E-state index < -0.39 is 0 Å². The number of oxazole rings is 1. The molecule has 3 nitrogen and oxygen atoms in total. The number of halogens is 1. The standard InChI is InChI=1S/C11H11ClN2OS/c1-7-10(14-6-15-7)5-16-11-3-2-8(13)4-9(11)12/h2-4,6H,5,13H2,1H3. The van der Waals surface area contributed by atoms with Gasteiger partial charge in [-0.2, -0.15) is 0 Å². The molecular weight excluding hydrogens is 244 g/mol. The second-order valence-electron chi connectivity index (χ2n) is 3.33. The number of aromatic nitrogens is 1. The molecule has 5 heteroatoms. The number of benzene rings is 1. The lowest BCUT2D eigenvalue weighted by Crippen LogP contribution is -1.87. The second-order valence-corrected chi connectivity index (χ2v) is 4.76. The molecule has 0 amide bonds. The van der Waals surface area contributed by atoms with Crippen LogP contribution in [0.3, 0.4) is 0 Å². The van der Waals surface area contributed by atoms with E-state index in [9.17, 15) is 0 Å². The molecule has 2 N–H and O–H groups in total. The van der Waals surface area contributed by atoms with Crippen LogP contribution in [0, 0.1) is 6.92 Å². The Bertz CT molecular complexity index is 498. The number of aryl methyl sites for hydroxylation is 1. The van der Waals surface area contributed by atoms with Crippen molar-refractivity contribution in [1.29, 1.82) is 0 Å². The molecule has 0 saturated carbocycles. The summed E-state index contributed by atoms with van der Waals surface area (Å²) in [4.78, 5) is 5.12. The number of nitrogens with zero attached hydrogens (tertiary/aromatic N) is 1. The predicted molar refractivity (Wildman–Crippen MR) is 66.7 cm³/mol. The van der Waals surface area contributed by atoms with Crippen LogP contribution >= 0.6 is 23.4 Å². The first kappa shape index (κ1) is 11.4. The van der Waals surface area contributed by atoms with Gasteiger partial charge in [0.2, 0.25) is 0 Å². The molecule has 84 valence electrons. The molecule has 0 fully saturated rings. The Morgan fingerprint density at radius 3 is 2.94 bits per heavy atom. The highest BCUT2D eigenvalue weighted by atomic mass is 35.5. The Morgan fingerprint density at radius 1 is 1.50 bits per heavy atom. The average Bonchev–Trinajstić information content (AvgIpc) is 2.63. The van der Waals surface area contributed by atoms with Crippen LogP contribution in [-0.4, -0.2) is 4.98 Å². The van der Waals surface area contributed by atoms with Gasteiger partial charge in [0, 0.05) is 16.3 Å². The van der Waals surface area contributed by atoms with Crippen LogP contribution in [0.1, 0.15) is 11.5 Å². The highest BCUT2D eigenvalue weighted by Gasteiger charge is 2.06. The molecule has 1 aromatic carbocycles. The third-order valence-electron chi connectivity index (χ3n) is 2.16. The summed E-state index contributed by atoms with van der Waals surface area (Å²) in [7, 11) is 0. The lowest BCUT2D eigenvalue weighted by atomic mass is 10.3. The number of anilines is 1. The SMILES string of the molecule is Cc1ocnc1CSc1ccc(N)cc1Cl. The molecule has 0 atom stereocenters. The maximum absolute atomic E-state index is 6.06. The fourth-order valence-electron chi connectivity index (χ4n) is 1.25. The van der Waals surface area contributed by atoms with Crippen molar-refractivity contribution in [2.24, 2.45) is 0 Å². The topological polar surface area (TPSA) is 52.0 Å². The van der Waals surface area contributed by atoms with Crippen molar-refractivity contribution in [3.8, 4) is 0 Å². The van der Waals surface area contributed by atoms with Crippen LogP contribution < -0.4 is 5.73 Å². The monoisotopic (exact) mass is 254 g/mol. The highest BCUT2D eigenvalue weighted by molar-refractivity contribution is 7.98. The summed E-state index contributed by atoms with van der Waals surface area (Å²) in [6.45, 7) is 1.90. The number of nitrogens with two attached hydrogens (primary N) is 1. The molecule has 0 aliphatic rings. The van der Waals surface area contributed by atoms with E-state index in [1.165, 1.54) is 6.39 Å². The first-order chi connectivity index (χ1) is 7.66. The molecule has 0 saturated heterocycles. The first-order valence-electron chi connectivity index (χ1n) is 4.73. The average molecular weight is 255 g/mol. The van der Waals surface area contributed by atoms with Crippen LogP contribution in [-0.2, 0) is 5.75 Å². The molecule has 0 bridgehead atoms. The first-order valence-corrected chi connectivity index (χ1v) is 6.10. The van der Waals surface area contributed by atoms with E-state index in [0.29, 0.717) is 10.7 Å². The van der Waals surface area contributed by atoms with E-state index in [-0.39, 0.29) is 0 Å². The van der Waals surface area contributed by atoms with E-state index in [1.54, 1.807) is 17.8 Å². The zero-order valence-corrected chi connectivity index (χ0v) is 10.3. The lowest BCUT2D eigenvalue weighted by molar-refractivity contribution is 0.525. The Morgan fingerprint density at radius 2 is 2.31 bits per heavy atom. The van der Waals surface area contributed by atoms with Crippen molar-refractivity contribution in [1.82, 2.24) is 4.98 Å². The summed E-state index contributed by atoms with van der Waals surface area (Å²) in [6, 6.07) is 5.50. The van der Waals surface area contributed by atoms with Gasteiger partial charge in [0.25, 0.3) is 0 Å². The van der Waals surface area contributed by atoms with E-state index in [1.807, 2.05) is 19.1 Å². The quantitative estimate of drug-likeness (QED) is 0.673. The van der Waals surface area contributed by atoms with E-state index >= 15 is 0 Å². The molecule has 2 aromatic rings.